The average Bonchev–Trinajstić information content (AvgIpc) is 2.98. The predicted octanol–water partition coefficient (Wildman–Crippen LogP) is 4.24. The first-order valence-corrected chi connectivity index (χ1v) is 8.53. The Labute approximate surface area is 157 Å². The standard InChI is InChI=1S/C17H12ClN3O4S/c1-25-12-5-6-13-14(8-12)26-16(15(13)18)17(22)20-19-9-10-3-2-4-11(7-10)21(23)24/h2-9H,1H3,(H,20,22)/b19-9+. The molecule has 0 saturated carbocycles. The normalized spacial score (nSPS) is 11.0. The molecule has 0 unspecified atom stereocenters. The largest absolute Gasteiger partial charge is 0.497 e. The van der Waals surface area contributed by atoms with Crippen molar-refractivity contribution in [2.45, 2.75) is 0 Å². The van der Waals surface area contributed by atoms with Gasteiger partial charge < -0.3 is 4.74 Å². The third-order valence-electron chi connectivity index (χ3n) is 3.50. The molecular formula is C17H12ClN3O4S. The van der Waals surface area contributed by atoms with Gasteiger partial charge in [0, 0.05) is 27.8 Å². The predicted molar refractivity (Wildman–Crippen MR) is 102 cm³/mol. The quantitative estimate of drug-likeness (QED) is 0.401. The Hall–Kier alpha value is -2.97. The van der Waals surface area contributed by atoms with Crippen molar-refractivity contribution in [1.29, 1.82) is 0 Å². The number of carbonyl (C=O) groups excluding carboxylic acids is 1. The van der Waals surface area contributed by atoms with Crippen molar-refractivity contribution in [1.82, 2.24) is 5.43 Å². The van der Waals surface area contributed by atoms with Crippen molar-refractivity contribution < 1.29 is 14.5 Å². The van der Waals surface area contributed by atoms with E-state index < -0.39 is 10.8 Å². The molecular weight excluding hydrogens is 378 g/mol. The minimum Gasteiger partial charge on any atom is -0.497 e. The Morgan fingerprint density at radius 3 is 2.88 bits per heavy atom. The second-order valence-electron chi connectivity index (χ2n) is 5.16. The van der Waals surface area contributed by atoms with Crippen molar-refractivity contribution in [3.05, 3.63) is 68.0 Å². The lowest BCUT2D eigenvalue weighted by molar-refractivity contribution is -0.384. The van der Waals surface area contributed by atoms with Crippen molar-refractivity contribution in [2.75, 3.05) is 7.11 Å². The van der Waals surface area contributed by atoms with Crippen LogP contribution in [0.5, 0.6) is 5.75 Å². The highest BCUT2D eigenvalue weighted by Gasteiger charge is 2.17. The van der Waals surface area contributed by atoms with E-state index in [0.29, 0.717) is 21.2 Å². The molecule has 26 heavy (non-hydrogen) atoms. The number of hydrogen-bond donors (Lipinski definition) is 1. The zero-order valence-corrected chi connectivity index (χ0v) is 15.0. The number of fused-ring (bicyclic) bond motifs is 1. The molecule has 2 aromatic carbocycles. The van der Waals surface area contributed by atoms with Crippen LogP contribution in [0.25, 0.3) is 10.1 Å². The number of thiophene rings is 1. The van der Waals surface area contributed by atoms with Crippen molar-refractivity contribution in [2.24, 2.45) is 5.10 Å². The molecule has 3 aromatic rings. The van der Waals surface area contributed by atoms with E-state index in [2.05, 4.69) is 10.5 Å². The lowest BCUT2D eigenvalue weighted by Crippen LogP contribution is -2.16. The number of nitrogens with one attached hydrogen (secondary N) is 1. The summed E-state index contributed by atoms with van der Waals surface area (Å²) in [6.45, 7) is 0. The van der Waals surface area contributed by atoms with Crippen molar-refractivity contribution >= 4 is 50.8 Å². The molecule has 1 heterocycles. The van der Waals surface area contributed by atoms with Gasteiger partial charge in [-0.1, -0.05) is 23.7 Å². The van der Waals surface area contributed by atoms with E-state index in [1.165, 1.54) is 35.8 Å². The zero-order valence-electron chi connectivity index (χ0n) is 13.4. The van der Waals surface area contributed by atoms with Crippen LogP contribution in [0.1, 0.15) is 15.2 Å². The molecule has 132 valence electrons. The summed E-state index contributed by atoms with van der Waals surface area (Å²) in [5.74, 6) is 0.211. The first-order valence-electron chi connectivity index (χ1n) is 7.33. The van der Waals surface area contributed by atoms with E-state index in [1.54, 1.807) is 31.4 Å². The van der Waals surface area contributed by atoms with Crippen molar-refractivity contribution in [3.63, 3.8) is 0 Å². The number of non-ortho nitro benzene ring substituents is 1. The molecule has 0 spiro atoms. The fourth-order valence-corrected chi connectivity index (χ4v) is 3.69. The Balaban J connectivity index is 1.78. The van der Waals surface area contributed by atoms with Gasteiger partial charge in [-0.25, -0.2) is 5.43 Å². The number of benzene rings is 2. The molecule has 1 aromatic heterocycles. The number of rotatable bonds is 5. The van der Waals surface area contributed by atoms with Crippen LogP contribution in [0.2, 0.25) is 5.02 Å². The Kier molecular flexibility index (Phi) is 5.15. The minimum atomic E-state index is -0.499. The van der Waals surface area contributed by atoms with Crippen LogP contribution in [-0.2, 0) is 0 Å². The van der Waals surface area contributed by atoms with Crippen LogP contribution in [-0.4, -0.2) is 24.2 Å². The van der Waals surface area contributed by atoms with E-state index in [0.717, 1.165) is 10.1 Å². The second-order valence-corrected chi connectivity index (χ2v) is 6.59. The molecule has 1 amide bonds. The zero-order chi connectivity index (χ0) is 18.7. The van der Waals surface area contributed by atoms with Gasteiger partial charge >= 0.3 is 0 Å². The summed E-state index contributed by atoms with van der Waals surface area (Å²) in [7, 11) is 1.56. The number of halogens is 1. The fraction of sp³-hybridized carbons (Fsp3) is 0.0588. The third kappa shape index (κ3) is 3.66. The van der Waals surface area contributed by atoms with Crippen molar-refractivity contribution in [3.8, 4) is 5.75 Å². The number of carbonyl (C=O) groups is 1. The maximum absolute atomic E-state index is 12.3. The first-order chi connectivity index (χ1) is 12.5. The van der Waals surface area contributed by atoms with E-state index in [1.807, 2.05) is 0 Å². The summed E-state index contributed by atoms with van der Waals surface area (Å²) in [5, 5.41) is 15.7. The number of nitrogens with zero attached hydrogens (tertiary/aromatic N) is 2. The highest BCUT2D eigenvalue weighted by atomic mass is 35.5. The molecule has 0 atom stereocenters. The van der Waals surface area contributed by atoms with E-state index >= 15 is 0 Å². The van der Waals surface area contributed by atoms with Crippen LogP contribution in [0, 0.1) is 10.1 Å². The summed E-state index contributed by atoms with van der Waals surface area (Å²) in [6.07, 6.45) is 1.33. The molecule has 3 rings (SSSR count). The number of amides is 1. The smallest absolute Gasteiger partial charge is 0.283 e. The topological polar surface area (TPSA) is 93.8 Å². The van der Waals surface area contributed by atoms with Gasteiger partial charge in [0.2, 0.25) is 0 Å². The van der Waals surface area contributed by atoms with Crippen LogP contribution < -0.4 is 10.2 Å². The summed E-state index contributed by atoms with van der Waals surface area (Å²) in [5.41, 5.74) is 2.82. The van der Waals surface area contributed by atoms with E-state index in [9.17, 15) is 14.9 Å². The number of hydrogen-bond acceptors (Lipinski definition) is 6. The lowest BCUT2D eigenvalue weighted by atomic mass is 10.2. The second kappa shape index (κ2) is 7.51. The highest BCUT2D eigenvalue weighted by Crippen LogP contribution is 2.37. The average molecular weight is 390 g/mol. The SMILES string of the molecule is COc1ccc2c(Cl)c(C(=O)N/N=C/c3cccc([N+](=O)[O-])c3)sc2c1. The van der Waals surface area contributed by atoms with Gasteiger partial charge in [0.25, 0.3) is 11.6 Å². The number of methoxy groups -OCH3 is 1. The summed E-state index contributed by atoms with van der Waals surface area (Å²) in [6, 6.07) is 11.3. The van der Waals surface area contributed by atoms with Gasteiger partial charge in [-0.15, -0.1) is 11.3 Å². The van der Waals surface area contributed by atoms with Crippen LogP contribution in [0.3, 0.4) is 0 Å². The van der Waals surface area contributed by atoms with Crippen LogP contribution in [0.15, 0.2) is 47.6 Å². The minimum absolute atomic E-state index is 0.0539. The van der Waals surface area contributed by atoms with Gasteiger partial charge in [0.05, 0.1) is 23.3 Å². The number of ether oxygens (including phenoxy) is 1. The molecule has 0 aliphatic rings. The first kappa shape index (κ1) is 17.8. The highest BCUT2D eigenvalue weighted by molar-refractivity contribution is 7.21. The van der Waals surface area contributed by atoms with Crippen LogP contribution in [0.4, 0.5) is 5.69 Å². The molecule has 0 bridgehead atoms. The van der Waals surface area contributed by atoms with Gasteiger partial charge in [-0.3, -0.25) is 14.9 Å². The van der Waals surface area contributed by atoms with E-state index in [4.69, 9.17) is 16.3 Å². The molecule has 0 radical (unpaired) electrons. The number of nitro benzene ring substituents is 1. The van der Waals surface area contributed by atoms with Crippen LogP contribution >= 0.6 is 22.9 Å². The third-order valence-corrected chi connectivity index (χ3v) is 5.16. The summed E-state index contributed by atoms with van der Waals surface area (Å²) >= 11 is 7.51. The number of nitro groups is 1. The maximum atomic E-state index is 12.3. The molecule has 0 aliphatic heterocycles. The summed E-state index contributed by atoms with van der Waals surface area (Å²) in [4.78, 5) is 22.9. The Morgan fingerprint density at radius 2 is 2.15 bits per heavy atom. The summed E-state index contributed by atoms with van der Waals surface area (Å²) < 4.78 is 5.99. The van der Waals surface area contributed by atoms with Gasteiger partial charge in [0.15, 0.2) is 0 Å². The maximum Gasteiger partial charge on any atom is 0.283 e. The molecule has 0 fully saturated rings. The number of hydrazone groups is 1. The molecule has 0 aliphatic carbocycles. The fourth-order valence-electron chi connectivity index (χ4n) is 2.25. The molecule has 9 heteroatoms. The Bertz CT molecular complexity index is 1030. The van der Waals surface area contributed by atoms with Gasteiger partial charge in [-0.2, -0.15) is 5.10 Å². The molecule has 0 saturated heterocycles. The molecule has 7 nitrogen and oxygen atoms in total. The molecule has 1 N–H and O–H groups in total. The monoisotopic (exact) mass is 389 g/mol. The Morgan fingerprint density at radius 1 is 1.35 bits per heavy atom. The lowest BCUT2D eigenvalue weighted by Gasteiger charge is -1.98. The van der Waals surface area contributed by atoms with Gasteiger partial charge in [0.1, 0.15) is 10.6 Å². The van der Waals surface area contributed by atoms with Gasteiger partial charge in [-0.05, 0) is 18.2 Å². The van der Waals surface area contributed by atoms with E-state index in [-0.39, 0.29) is 5.69 Å².